The van der Waals surface area contributed by atoms with Gasteiger partial charge in [0, 0.05) is 19.6 Å². The molecule has 1 amide bonds. The maximum absolute atomic E-state index is 11.3. The smallest absolute Gasteiger partial charge is 0.237 e. The molecule has 2 atom stereocenters. The van der Waals surface area contributed by atoms with E-state index in [-0.39, 0.29) is 12.0 Å². The first-order chi connectivity index (χ1) is 7.48. The molecule has 1 aliphatic rings. The third kappa shape index (κ3) is 3.43. The van der Waals surface area contributed by atoms with Crippen LogP contribution in [0, 0.1) is 0 Å². The summed E-state index contributed by atoms with van der Waals surface area (Å²) in [5, 5.41) is 3.00. The van der Waals surface area contributed by atoms with Crippen molar-refractivity contribution in [2.24, 2.45) is 5.73 Å². The van der Waals surface area contributed by atoms with Crippen molar-refractivity contribution >= 4 is 5.91 Å². The summed E-state index contributed by atoms with van der Waals surface area (Å²) >= 11 is 0. The molecule has 0 saturated carbocycles. The molecule has 0 spiro atoms. The van der Waals surface area contributed by atoms with Crippen LogP contribution in [0.1, 0.15) is 20.3 Å². The maximum atomic E-state index is 11.3. The van der Waals surface area contributed by atoms with E-state index in [9.17, 15) is 4.79 Å². The molecular formula is C11H23N3O2. The number of carbonyl (C=O) groups is 1. The molecule has 0 aromatic rings. The number of likely N-dealkylation sites (N-methyl/N-ethyl adjacent to an activating group) is 1. The molecule has 0 aromatic heterocycles. The summed E-state index contributed by atoms with van der Waals surface area (Å²) in [5.41, 5.74) is 4.77. The zero-order valence-corrected chi connectivity index (χ0v) is 10.5. The van der Waals surface area contributed by atoms with Crippen LogP contribution in [0.25, 0.3) is 0 Å². The largest absolute Gasteiger partial charge is 0.376 e. The number of hydrogen-bond donors (Lipinski definition) is 2. The van der Waals surface area contributed by atoms with E-state index in [1.807, 2.05) is 6.92 Å². The highest BCUT2D eigenvalue weighted by Crippen LogP contribution is 2.12. The second-order valence-corrected chi connectivity index (χ2v) is 4.68. The predicted molar refractivity (Wildman–Crippen MR) is 63.1 cm³/mol. The summed E-state index contributed by atoms with van der Waals surface area (Å²) < 4.78 is 5.46. The lowest BCUT2D eigenvalue weighted by molar-refractivity contribution is -0.124. The van der Waals surface area contributed by atoms with Gasteiger partial charge in [0.05, 0.1) is 18.2 Å². The van der Waals surface area contributed by atoms with Crippen molar-refractivity contribution in [2.75, 3.05) is 33.3 Å². The Morgan fingerprint density at radius 3 is 2.88 bits per heavy atom. The van der Waals surface area contributed by atoms with Crippen LogP contribution in [-0.4, -0.2) is 55.7 Å². The topological polar surface area (TPSA) is 67.6 Å². The molecule has 1 heterocycles. The summed E-state index contributed by atoms with van der Waals surface area (Å²) in [5.74, 6) is -0.295. The number of carbonyl (C=O) groups excluding carboxylic acids is 1. The van der Waals surface area contributed by atoms with Crippen LogP contribution in [0.5, 0.6) is 0 Å². The molecule has 1 fully saturated rings. The van der Waals surface area contributed by atoms with Crippen LogP contribution in [0.3, 0.4) is 0 Å². The number of primary amides is 1. The van der Waals surface area contributed by atoms with Gasteiger partial charge in [0.1, 0.15) is 0 Å². The monoisotopic (exact) mass is 229 g/mol. The van der Waals surface area contributed by atoms with E-state index in [0.29, 0.717) is 0 Å². The predicted octanol–water partition coefficient (Wildman–Crippen LogP) is -0.439. The van der Waals surface area contributed by atoms with Gasteiger partial charge in [-0.1, -0.05) is 0 Å². The Balaban J connectivity index is 2.40. The Morgan fingerprint density at radius 1 is 1.69 bits per heavy atom. The number of nitrogens with one attached hydrogen (secondary N) is 1. The van der Waals surface area contributed by atoms with E-state index in [1.54, 1.807) is 7.05 Å². The van der Waals surface area contributed by atoms with Crippen LogP contribution < -0.4 is 11.1 Å². The van der Waals surface area contributed by atoms with Gasteiger partial charge in [0.15, 0.2) is 0 Å². The number of rotatable bonds is 5. The Kier molecular flexibility index (Phi) is 4.70. The van der Waals surface area contributed by atoms with Gasteiger partial charge in [-0.25, -0.2) is 0 Å². The van der Waals surface area contributed by atoms with Crippen LogP contribution >= 0.6 is 0 Å². The molecule has 0 aromatic carbocycles. The Morgan fingerprint density at radius 2 is 2.38 bits per heavy atom. The normalized spacial score (nSPS) is 26.3. The number of ether oxygens (including phenoxy) is 1. The number of amides is 1. The summed E-state index contributed by atoms with van der Waals surface area (Å²) in [6.45, 7) is 7.42. The molecular weight excluding hydrogens is 206 g/mol. The summed E-state index contributed by atoms with van der Waals surface area (Å²) in [7, 11) is 1.77. The van der Waals surface area contributed by atoms with E-state index in [0.717, 1.165) is 32.7 Å². The molecule has 5 heteroatoms. The van der Waals surface area contributed by atoms with Crippen molar-refractivity contribution < 1.29 is 9.53 Å². The van der Waals surface area contributed by atoms with Crippen LogP contribution in [0.15, 0.2) is 0 Å². The van der Waals surface area contributed by atoms with Gasteiger partial charge in [-0.15, -0.1) is 0 Å². The summed E-state index contributed by atoms with van der Waals surface area (Å²) in [4.78, 5) is 13.6. The number of morpholine rings is 1. The summed E-state index contributed by atoms with van der Waals surface area (Å²) in [6.07, 6.45) is 1.01. The first-order valence-corrected chi connectivity index (χ1v) is 5.81. The molecule has 0 bridgehead atoms. The van der Waals surface area contributed by atoms with Gasteiger partial charge in [0.25, 0.3) is 0 Å². The molecule has 94 valence electrons. The first-order valence-electron chi connectivity index (χ1n) is 5.81. The summed E-state index contributed by atoms with van der Waals surface area (Å²) in [6, 6.07) is 0. The van der Waals surface area contributed by atoms with Crippen molar-refractivity contribution in [2.45, 2.75) is 31.9 Å². The zero-order valence-electron chi connectivity index (χ0n) is 10.5. The molecule has 5 nitrogen and oxygen atoms in total. The molecule has 1 saturated heterocycles. The third-order valence-electron chi connectivity index (χ3n) is 3.35. The highest BCUT2D eigenvalue weighted by atomic mass is 16.5. The van der Waals surface area contributed by atoms with Crippen LogP contribution in [0.4, 0.5) is 0 Å². The first kappa shape index (κ1) is 13.4. The van der Waals surface area contributed by atoms with Crippen molar-refractivity contribution in [1.82, 2.24) is 10.2 Å². The van der Waals surface area contributed by atoms with E-state index < -0.39 is 5.54 Å². The maximum Gasteiger partial charge on any atom is 0.237 e. The van der Waals surface area contributed by atoms with Crippen molar-refractivity contribution in [1.29, 1.82) is 0 Å². The minimum Gasteiger partial charge on any atom is -0.376 e. The van der Waals surface area contributed by atoms with Gasteiger partial charge in [-0.3, -0.25) is 9.69 Å². The van der Waals surface area contributed by atoms with Crippen LogP contribution in [-0.2, 0) is 9.53 Å². The van der Waals surface area contributed by atoms with Gasteiger partial charge in [-0.2, -0.15) is 0 Å². The van der Waals surface area contributed by atoms with Gasteiger partial charge in [-0.05, 0) is 27.3 Å². The Hall–Kier alpha value is -0.650. The molecule has 3 N–H and O–H groups in total. The highest BCUT2D eigenvalue weighted by Gasteiger charge is 2.29. The van der Waals surface area contributed by atoms with Gasteiger partial charge < -0.3 is 15.8 Å². The second-order valence-electron chi connectivity index (χ2n) is 4.68. The van der Waals surface area contributed by atoms with E-state index in [1.165, 1.54) is 0 Å². The quantitative estimate of drug-likeness (QED) is 0.671. The van der Waals surface area contributed by atoms with Crippen molar-refractivity contribution in [3.05, 3.63) is 0 Å². The minimum atomic E-state index is -0.610. The third-order valence-corrected chi connectivity index (χ3v) is 3.35. The van der Waals surface area contributed by atoms with E-state index in [2.05, 4.69) is 17.1 Å². The average molecular weight is 229 g/mol. The molecule has 2 unspecified atom stereocenters. The molecule has 16 heavy (non-hydrogen) atoms. The van der Waals surface area contributed by atoms with Gasteiger partial charge >= 0.3 is 0 Å². The van der Waals surface area contributed by atoms with Crippen LogP contribution in [0.2, 0.25) is 0 Å². The second kappa shape index (κ2) is 5.61. The lowest BCUT2D eigenvalue weighted by Gasteiger charge is -2.34. The number of nitrogens with zero attached hydrogens (tertiary/aromatic N) is 1. The Labute approximate surface area is 97.3 Å². The fraction of sp³-hybridized carbons (Fsp3) is 0.909. The lowest BCUT2D eigenvalue weighted by atomic mass is 9.97. The van der Waals surface area contributed by atoms with E-state index >= 15 is 0 Å². The number of nitrogens with two attached hydrogens (primary N) is 1. The molecule has 0 aliphatic carbocycles. The molecule has 0 radical (unpaired) electrons. The van der Waals surface area contributed by atoms with Crippen molar-refractivity contribution in [3.63, 3.8) is 0 Å². The SMILES string of the molecule is CNC(C)(CCN1CCOC(C)C1)C(N)=O. The van der Waals surface area contributed by atoms with Gasteiger partial charge in [0.2, 0.25) is 5.91 Å². The van der Waals surface area contributed by atoms with Crippen molar-refractivity contribution in [3.8, 4) is 0 Å². The fourth-order valence-corrected chi connectivity index (χ4v) is 1.85. The number of hydrogen-bond acceptors (Lipinski definition) is 4. The Bertz CT molecular complexity index is 247. The zero-order chi connectivity index (χ0) is 12.2. The lowest BCUT2D eigenvalue weighted by Crippen LogP contribution is -2.54. The van der Waals surface area contributed by atoms with E-state index in [4.69, 9.17) is 10.5 Å². The molecule has 1 rings (SSSR count). The highest BCUT2D eigenvalue weighted by molar-refractivity contribution is 5.84. The molecule has 1 aliphatic heterocycles. The fourth-order valence-electron chi connectivity index (χ4n) is 1.85. The standard InChI is InChI=1S/C11H23N3O2/c1-9-8-14(6-7-16-9)5-4-11(2,13-3)10(12)15/h9,13H,4-8H2,1-3H3,(H2,12,15). The minimum absolute atomic E-state index is 0.281. The average Bonchev–Trinajstić information content (AvgIpc) is 2.26.